The molecule has 1 N–H and O–H groups in total. The van der Waals surface area contributed by atoms with E-state index >= 15 is 0 Å². The van der Waals surface area contributed by atoms with Gasteiger partial charge in [-0.05, 0) is 74.4 Å². The Labute approximate surface area is 291 Å². The molecule has 0 fully saturated rings. The summed E-state index contributed by atoms with van der Waals surface area (Å²) in [5.74, 6) is -1.15. The maximum absolute atomic E-state index is 10.4. The Bertz CT molecular complexity index is 865. The van der Waals surface area contributed by atoms with Gasteiger partial charge in [-0.1, -0.05) is 119 Å². The Morgan fingerprint density at radius 2 is 0.830 bits per heavy atom. The van der Waals surface area contributed by atoms with Gasteiger partial charge in [0, 0.05) is 11.7 Å². The van der Waals surface area contributed by atoms with Crippen molar-refractivity contribution in [2.45, 2.75) is 158 Å². The van der Waals surface area contributed by atoms with Crippen molar-refractivity contribution in [1.29, 1.82) is 0 Å². The topological polar surface area (TPSA) is 55.9 Å². The number of unbranched alkanes of at least 4 members (excludes halogenated alkanes) is 8. The van der Waals surface area contributed by atoms with Crippen LogP contribution in [0.4, 0.5) is 0 Å². The molecule has 1 aromatic carbocycles. The number of aromatic carboxylic acids is 1. The summed E-state index contributed by atoms with van der Waals surface area (Å²) < 4.78 is 2.84. The van der Waals surface area contributed by atoms with Gasteiger partial charge in [0.1, 0.15) is 0 Å². The number of quaternary nitrogens is 2. The van der Waals surface area contributed by atoms with E-state index in [1.54, 1.807) is 18.3 Å². The summed E-state index contributed by atoms with van der Waals surface area (Å²) in [5, 5.41) is 11.4. The van der Waals surface area contributed by atoms with Crippen LogP contribution in [-0.2, 0) is 0 Å². The standard InChI is InChI=1S/2C16H36N.C9H7NO2.FH/c2*1-5-9-13-17(14-10-6-2,15-11-7-3)16-12-8-4;11-9(12)7-2-1-6-3-4-10-8(6)5-7;/h2*5-16H2,1-4H3;1-5,10H,(H,11,12);1H/q2*+1;;/p-2. The van der Waals surface area contributed by atoms with Crippen LogP contribution >= 0.6 is 0 Å². The molecule has 1 aromatic heterocycles. The average molecular weight is 664 g/mol. The van der Waals surface area contributed by atoms with Crippen LogP contribution in [0.15, 0.2) is 30.5 Å². The van der Waals surface area contributed by atoms with E-state index in [2.05, 4.69) is 60.4 Å². The van der Waals surface area contributed by atoms with Crippen LogP contribution in [0.1, 0.15) is 168 Å². The van der Waals surface area contributed by atoms with Gasteiger partial charge < -0.3 is 28.6 Å². The maximum Gasteiger partial charge on any atom is 0.0786 e. The minimum Gasteiger partial charge on any atom is -1.00 e. The zero-order valence-corrected chi connectivity index (χ0v) is 32.4. The molecule has 0 amide bonds. The van der Waals surface area contributed by atoms with Gasteiger partial charge in [-0.3, -0.25) is 0 Å². The third-order valence-electron chi connectivity index (χ3n) is 9.68. The number of aromatic nitrogens is 1. The summed E-state index contributed by atoms with van der Waals surface area (Å²) >= 11 is 0. The fourth-order valence-corrected chi connectivity index (χ4v) is 6.46. The minimum absolute atomic E-state index is 0. The van der Waals surface area contributed by atoms with Gasteiger partial charge in [0.15, 0.2) is 0 Å². The number of benzene rings is 1. The lowest BCUT2D eigenvalue weighted by molar-refractivity contribution is -0.929. The highest BCUT2D eigenvalue weighted by Gasteiger charge is 2.25. The number of nitrogens with one attached hydrogen (secondary N) is 1. The molecule has 0 aliphatic carbocycles. The van der Waals surface area contributed by atoms with Gasteiger partial charge in [-0.2, -0.15) is 0 Å². The predicted molar refractivity (Wildman–Crippen MR) is 201 cm³/mol. The number of halogens is 1. The lowest BCUT2D eigenvalue weighted by Gasteiger charge is -2.39. The number of hydrogen-bond donors (Lipinski definition) is 1. The van der Waals surface area contributed by atoms with Crippen LogP contribution in [0.2, 0.25) is 0 Å². The molecular formula is C41H78FN3O2. The van der Waals surface area contributed by atoms with Crippen LogP contribution in [0.5, 0.6) is 0 Å². The van der Waals surface area contributed by atoms with Crippen molar-refractivity contribution in [3.63, 3.8) is 0 Å². The zero-order valence-electron chi connectivity index (χ0n) is 32.4. The van der Waals surface area contributed by atoms with Gasteiger partial charge >= 0.3 is 0 Å². The minimum atomic E-state index is -1.15. The average Bonchev–Trinajstić information content (AvgIpc) is 3.56. The molecule has 0 unspecified atom stereocenters. The normalized spacial score (nSPS) is 11.3. The van der Waals surface area contributed by atoms with E-state index in [1.165, 1.54) is 170 Å². The molecule has 276 valence electrons. The van der Waals surface area contributed by atoms with E-state index < -0.39 is 5.97 Å². The number of nitrogens with zero attached hydrogens (tertiary/aromatic N) is 2. The van der Waals surface area contributed by atoms with E-state index in [1.807, 2.05) is 6.07 Å². The van der Waals surface area contributed by atoms with Crippen LogP contribution in [0, 0.1) is 0 Å². The number of rotatable bonds is 25. The first-order chi connectivity index (χ1) is 22.3. The molecule has 2 rings (SSSR count). The second-order valence-electron chi connectivity index (χ2n) is 13.9. The first kappa shape index (κ1) is 47.2. The van der Waals surface area contributed by atoms with Gasteiger partial charge in [0.05, 0.1) is 58.3 Å². The van der Waals surface area contributed by atoms with Crippen LogP contribution in [-0.4, -0.2) is 72.3 Å². The summed E-state index contributed by atoms with van der Waals surface area (Å²) in [4.78, 5) is 13.4. The largest absolute Gasteiger partial charge is 1.00 e. The number of carbonyl (C=O) groups excluding carboxylic acids is 1. The van der Waals surface area contributed by atoms with Crippen molar-refractivity contribution in [3.8, 4) is 0 Å². The van der Waals surface area contributed by atoms with Crippen molar-refractivity contribution >= 4 is 16.9 Å². The Hall–Kier alpha value is -1.92. The molecule has 5 nitrogen and oxygen atoms in total. The van der Waals surface area contributed by atoms with Gasteiger partial charge in [-0.25, -0.2) is 0 Å². The third kappa shape index (κ3) is 20.9. The fraction of sp³-hybridized carbons (Fsp3) is 0.780. The lowest BCUT2D eigenvalue weighted by Crippen LogP contribution is -3.00. The predicted octanol–water partition coefficient (Wildman–Crippen LogP) is 7.54. The van der Waals surface area contributed by atoms with Gasteiger partial charge in [0.2, 0.25) is 0 Å². The fourth-order valence-electron chi connectivity index (χ4n) is 6.46. The summed E-state index contributed by atoms with van der Waals surface area (Å²) in [6.45, 7) is 30.0. The van der Waals surface area contributed by atoms with Crippen molar-refractivity contribution in [3.05, 3.63) is 36.0 Å². The van der Waals surface area contributed by atoms with E-state index in [0.717, 1.165) is 10.9 Å². The Morgan fingerprint density at radius 1 is 0.532 bits per heavy atom. The summed E-state index contributed by atoms with van der Waals surface area (Å²) in [6.07, 6.45) is 23.9. The van der Waals surface area contributed by atoms with E-state index in [9.17, 15) is 9.90 Å². The monoisotopic (exact) mass is 664 g/mol. The molecule has 0 radical (unpaired) electrons. The number of H-pyrrole nitrogens is 1. The van der Waals surface area contributed by atoms with Crippen LogP contribution < -0.4 is 9.81 Å². The smallest absolute Gasteiger partial charge is 0.0786 e. The molecule has 0 spiro atoms. The number of aromatic amines is 1. The molecule has 0 bridgehead atoms. The highest BCUT2D eigenvalue weighted by Crippen LogP contribution is 2.18. The quantitative estimate of drug-likeness (QED) is 0.112. The number of carbonyl (C=O) groups is 1. The molecule has 0 atom stereocenters. The first-order valence-corrected chi connectivity index (χ1v) is 19.7. The van der Waals surface area contributed by atoms with Crippen LogP contribution in [0.25, 0.3) is 10.9 Å². The Balaban J connectivity index is 0. The molecule has 0 saturated heterocycles. The molecular weight excluding hydrogens is 585 g/mol. The first-order valence-electron chi connectivity index (χ1n) is 19.7. The number of hydrogen-bond acceptors (Lipinski definition) is 2. The molecule has 47 heavy (non-hydrogen) atoms. The molecule has 0 saturated carbocycles. The number of carboxylic acid groups (broad SMARTS) is 1. The third-order valence-corrected chi connectivity index (χ3v) is 9.68. The SMILES string of the molecule is CCCC[N+](CCCC)(CCCC)CCCC.CCCC[N+](CCCC)(CCCC)CCCC.O=C([O-])c1ccc2cc[nH]c2c1.[F-]. The highest BCUT2D eigenvalue weighted by molar-refractivity contribution is 5.92. The van der Waals surface area contributed by atoms with Crippen molar-refractivity contribution in [2.24, 2.45) is 0 Å². The lowest BCUT2D eigenvalue weighted by atomic mass is 10.1. The molecule has 0 aliphatic heterocycles. The molecule has 2 aromatic rings. The highest BCUT2D eigenvalue weighted by atomic mass is 19.0. The molecule has 6 heteroatoms. The zero-order chi connectivity index (χ0) is 34.5. The van der Waals surface area contributed by atoms with Crippen molar-refractivity contribution in [1.82, 2.24) is 4.98 Å². The maximum atomic E-state index is 10.4. The van der Waals surface area contributed by atoms with Gasteiger partial charge in [0.25, 0.3) is 0 Å². The summed E-state index contributed by atoms with van der Waals surface area (Å²) in [6, 6.07) is 6.72. The summed E-state index contributed by atoms with van der Waals surface area (Å²) in [7, 11) is 0. The second kappa shape index (κ2) is 30.2. The number of fused-ring (bicyclic) bond motifs is 1. The van der Waals surface area contributed by atoms with E-state index in [-0.39, 0.29) is 10.3 Å². The van der Waals surface area contributed by atoms with Crippen LogP contribution in [0.3, 0.4) is 0 Å². The Morgan fingerprint density at radius 3 is 1.09 bits per heavy atom. The number of carboxylic acids is 1. The van der Waals surface area contributed by atoms with E-state index in [4.69, 9.17) is 0 Å². The van der Waals surface area contributed by atoms with Gasteiger partial charge in [-0.15, -0.1) is 0 Å². The van der Waals surface area contributed by atoms with Crippen molar-refractivity contribution in [2.75, 3.05) is 52.4 Å². The second-order valence-corrected chi connectivity index (χ2v) is 13.9. The molecule has 0 aliphatic rings. The van der Waals surface area contributed by atoms with E-state index in [0.29, 0.717) is 0 Å². The van der Waals surface area contributed by atoms with Crippen molar-refractivity contribution < 1.29 is 23.6 Å². The molecule has 1 heterocycles. The Kier molecular flexibility index (Phi) is 30.3. The summed E-state index contributed by atoms with van der Waals surface area (Å²) in [5.41, 5.74) is 1.02.